The van der Waals surface area contributed by atoms with E-state index < -0.39 is 0 Å². The van der Waals surface area contributed by atoms with Crippen molar-refractivity contribution in [2.24, 2.45) is 0 Å². The predicted molar refractivity (Wildman–Crippen MR) is 82.7 cm³/mol. The molecule has 1 atom stereocenters. The normalized spacial score (nSPS) is 12.2. The fourth-order valence-electron chi connectivity index (χ4n) is 1.95. The van der Waals surface area contributed by atoms with Crippen LogP contribution in [0.2, 0.25) is 0 Å². The summed E-state index contributed by atoms with van der Waals surface area (Å²) in [6.07, 6.45) is 0. The first-order chi connectivity index (χ1) is 9.60. The van der Waals surface area contributed by atoms with Gasteiger partial charge in [-0.25, -0.2) is 4.39 Å². The molecule has 1 N–H and O–H groups in total. The van der Waals surface area contributed by atoms with Crippen molar-refractivity contribution in [3.63, 3.8) is 0 Å². The predicted octanol–water partition coefficient (Wildman–Crippen LogP) is 5.05. The van der Waals surface area contributed by atoms with Crippen molar-refractivity contribution < 1.29 is 9.13 Å². The van der Waals surface area contributed by atoms with Gasteiger partial charge < -0.3 is 10.1 Å². The van der Waals surface area contributed by atoms with E-state index in [1.165, 1.54) is 6.07 Å². The number of halogens is 2. The third-order valence-electron chi connectivity index (χ3n) is 3.00. The molecular formula is C16H17BrFNO. The summed E-state index contributed by atoms with van der Waals surface area (Å²) in [7, 11) is 0. The van der Waals surface area contributed by atoms with Crippen molar-refractivity contribution >= 4 is 15.9 Å². The van der Waals surface area contributed by atoms with Crippen LogP contribution in [0.5, 0.6) is 11.5 Å². The van der Waals surface area contributed by atoms with E-state index in [4.69, 9.17) is 4.74 Å². The van der Waals surface area contributed by atoms with Gasteiger partial charge in [-0.3, -0.25) is 0 Å². The van der Waals surface area contributed by atoms with E-state index >= 15 is 0 Å². The van der Waals surface area contributed by atoms with Crippen LogP contribution in [-0.2, 0) is 0 Å². The Hall–Kier alpha value is -1.39. The molecule has 2 aromatic rings. The van der Waals surface area contributed by atoms with Crippen molar-refractivity contribution in [1.82, 2.24) is 5.32 Å². The second-order valence-corrected chi connectivity index (χ2v) is 5.38. The second-order valence-electron chi connectivity index (χ2n) is 4.53. The van der Waals surface area contributed by atoms with Crippen molar-refractivity contribution in [2.75, 3.05) is 6.54 Å². The third kappa shape index (κ3) is 3.81. The zero-order valence-corrected chi connectivity index (χ0v) is 13.1. The SMILES string of the molecule is CCNC(C)c1cccc(Oc2ccc(Br)c(F)c2)c1. The smallest absolute Gasteiger partial charge is 0.141 e. The quantitative estimate of drug-likeness (QED) is 0.824. The minimum atomic E-state index is -0.334. The number of rotatable bonds is 5. The van der Waals surface area contributed by atoms with Crippen molar-refractivity contribution in [3.8, 4) is 11.5 Å². The van der Waals surface area contributed by atoms with Gasteiger partial charge in [0.2, 0.25) is 0 Å². The van der Waals surface area contributed by atoms with Crippen LogP contribution in [0.3, 0.4) is 0 Å². The van der Waals surface area contributed by atoms with E-state index in [0.29, 0.717) is 16.0 Å². The first-order valence-corrected chi connectivity index (χ1v) is 7.35. The van der Waals surface area contributed by atoms with E-state index in [1.807, 2.05) is 24.3 Å². The van der Waals surface area contributed by atoms with Crippen LogP contribution in [0.1, 0.15) is 25.5 Å². The van der Waals surface area contributed by atoms with Crippen molar-refractivity contribution in [2.45, 2.75) is 19.9 Å². The number of benzene rings is 2. The molecule has 2 rings (SSSR count). The molecule has 2 aromatic carbocycles. The maximum absolute atomic E-state index is 13.5. The van der Waals surface area contributed by atoms with Crippen molar-refractivity contribution in [3.05, 3.63) is 58.3 Å². The lowest BCUT2D eigenvalue weighted by atomic mass is 10.1. The zero-order valence-electron chi connectivity index (χ0n) is 11.5. The monoisotopic (exact) mass is 337 g/mol. The topological polar surface area (TPSA) is 21.3 Å². The molecule has 0 heterocycles. The lowest BCUT2D eigenvalue weighted by Gasteiger charge is -2.14. The average molecular weight is 338 g/mol. The van der Waals surface area contributed by atoms with Crippen LogP contribution in [-0.4, -0.2) is 6.54 Å². The lowest BCUT2D eigenvalue weighted by Crippen LogP contribution is -2.17. The third-order valence-corrected chi connectivity index (χ3v) is 3.64. The van der Waals surface area contributed by atoms with Gasteiger partial charge in [0.05, 0.1) is 4.47 Å². The van der Waals surface area contributed by atoms with Gasteiger partial charge in [0.25, 0.3) is 0 Å². The Bertz CT molecular complexity index is 588. The Labute approximate surface area is 127 Å². The Morgan fingerprint density at radius 2 is 1.95 bits per heavy atom. The average Bonchev–Trinajstić information content (AvgIpc) is 2.43. The van der Waals surface area contributed by atoms with E-state index in [2.05, 4.69) is 35.1 Å². The van der Waals surface area contributed by atoms with Gasteiger partial charge in [0.15, 0.2) is 0 Å². The molecular weight excluding hydrogens is 321 g/mol. The second kappa shape index (κ2) is 6.86. The van der Waals surface area contributed by atoms with Crippen LogP contribution in [0.15, 0.2) is 46.9 Å². The molecule has 0 aliphatic carbocycles. The summed E-state index contributed by atoms with van der Waals surface area (Å²) in [4.78, 5) is 0. The molecule has 0 spiro atoms. The number of hydrogen-bond donors (Lipinski definition) is 1. The van der Waals surface area contributed by atoms with Crippen LogP contribution in [0.4, 0.5) is 4.39 Å². The zero-order chi connectivity index (χ0) is 14.5. The Balaban J connectivity index is 2.16. The standard InChI is InChI=1S/C16H17BrFNO/c1-3-19-11(2)12-5-4-6-13(9-12)20-14-7-8-15(17)16(18)10-14/h4-11,19H,3H2,1-2H3. The summed E-state index contributed by atoms with van der Waals surface area (Å²) >= 11 is 3.12. The van der Waals surface area contributed by atoms with E-state index in [-0.39, 0.29) is 11.9 Å². The summed E-state index contributed by atoms with van der Waals surface area (Å²) in [6.45, 7) is 5.08. The summed E-state index contributed by atoms with van der Waals surface area (Å²) < 4.78 is 19.6. The highest BCUT2D eigenvalue weighted by Crippen LogP contribution is 2.27. The van der Waals surface area contributed by atoms with Crippen molar-refractivity contribution in [1.29, 1.82) is 0 Å². The lowest BCUT2D eigenvalue weighted by molar-refractivity contribution is 0.474. The molecule has 0 radical (unpaired) electrons. The summed E-state index contributed by atoms with van der Waals surface area (Å²) in [5, 5.41) is 3.35. The Morgan fingerprint density at radius 3 is 2.65 bits per heavy atom. The number of nitrogens with one attached hydrogen (secondary N) is 1. The van der Waals surface area contributed by atoms with Gasteiger partial charge in [0.1, 0.15) is 17.3 Å². The van der Waals surface area contributed by atoms with Crippen LogP contribution in [0, 0.1) is 5.82 Å². The van der Waals surface area contributed by atoms with E-state index in [1.54, 1.807) is 12.1 Å². The van der Waals surface area contributed by atoms with Gasteiger partial charge in [0, 0.05) is 12.1 Å². The molecule has 20 heavy (non-hydrogen) atoms. The molecule has 106 valence electrons. The molecule has 0 aliphatic rings. The molecule has 2 nitrogen and oxygen atoms in total. The Morgan fingerprint density at radius 1 is 1.20 bits per heavy atom. The molecule has 0 aromatic heterocycles. The van der Waals surface area contributed by atoms with Gasteiger partial charge in [-0.05, 0) is 59.2 Å². The van der Waals surface area contributed by atoms with Gasteiger partial charge >= 0.3 is 0 Å². The van der Waals surface area contributed by atoms with Gasteiger partial charge in [-0.2, -0.15) is 0 Å². The highest BCUT2D eigenvalue weighted by atomic mass is 79.9. The van der Waals surface area contributed by atoms with Gasteiger partial charge in [-0.15, -0.1) is 0 Å². The fraction of sp³-hybridized carbons (Fsp3) is 0.250. The highest BCUT2D eigenvalue weighted by molar-refractivity contribution is 9.10. The minimum Gasteiger partial charge on any atom is -0.457 e. The molecule has 0 saturated heterocycles. The van der Waals surface area contributed by atoms with E-state index in [9.17, 15) is 4.39 Å². The highest BCUT2D eigenvalue weighted by Gasteiger charge is 2.06. The molecule has 1 unspecified atom stereocenters. The van der Waals surface area contributed by atoms with Crippen LogP contribution in [0.25, 0.3) is 0 Å². The Kier molecular flexibility index (Phi) is 5.15. The molecule has 4 heteroatoms. The molecule has 0 saturated carbocycles. The largest absolute Gasteiger partial charge is 0.457 e. The molecule has 0 fully saturated rings. The van der Waals surface area contributed by atoms with Gasteiger partial charge in [-0.1, -0.05) is 19.1 Å². The maximum atomic E-state index is 13.5. The number of ether oxygens (including phenoxy) is 1. The van der Waals surface area contributed by atoms with Crippen LogP contribution >= 0.6 is 15.9 Å². The first-order valence-electron chi connectivity index (χ1n) is 6.56. The summed E-state index contributed by atoms with van der Waals surface area (Å²) in [5.74, 6) is 0.854. The van der Waals surface area contributed by atoms with E-state index in [0.717, 1.165) is 12.1 Å². The molecule has 0 amide bonds. The maximum Gasteiger partial charge on any atom is 0.141 e. The molecule has 0 bridgehead atoms. The fourth-order valence-corrected chi connectivity index (χ4v) is 2.19. The number of hydrogen-bond acceptors (Lipinski definition) is 2. The first kappa shape index (κ1) is 15.0. The summed E-state index contributed by atoms with van der Waals surface area (Å²) in [5.41, 5.74) is 1.14. The summed E-state index contributed by atoms with van der Waals surface area (Å²) in [6, 6.07) is 12.8. The van der Waals surface area contributed by atoms with Crippen LogP contribution < -0.4 is 10.1 Å². The molecule has 0 aliphatic heterocycles. The minimum absolute atomic E-state index is 0.255.